The van der Waals surface area contributed by atoms with Crippen LogP contribution in [0.1, 0.15) is 24.1 Å². The van der Waals surface area contributed by atoms with Crippen LogP contribution in [0.25, 0.3) is 0 Å². The van der Waals surface area contributed by atoms with Gasteiger partial charge in [-0.2, -0.15) is 0 Å². The number of aromatic nitrogens is 1. The highest BCUT2D eigenvalue weighted by atomic mass is 16.5. The molecule has 1 aromatic heterocycles. The molecule has 2 atom stereocenters. The number of ether oxygens (including phenoxy) is 1. The zero-order valence-electron chi connectivity index (χ0n) is 11.3. The molecule has 2 heterocycles. The van der Waals surface area contributed by atoms with Crippen LogP contribution in [0.5, 0.6) is 0 Å². The van der Waals surface area contributed by atoms with Gasteiger partial charge >= 0.3 is 0 Å². The molecule has 0 aromatic carbocycles. The number of rotatable bonds is 4. The molecule has 0 saturated carbocycles. The summed E-state index contributed by atoms with van der Waals surface area (Å²) >= 11 is 0. The molecule has 2 rings (SSSR count). The highest BCUT2D eigenvalue weighted by molar-refractivity contribution is 5.17. The molecule has 0 amide bonds. The second-order valence-electron chi connectivity index (χ2n) is 5.01. The van der Waals surface area contributed by atoms with Crippen LogP contribution in [0.15, 0.2) is 18.3 Å². The summed E-state index contributed by atoms with van der Waals surface area (Å²) < 4.78 is 5.45. The summed E-state index contributed by atoms with van der Waals surface area (Å²) in [7, 11) is 1.79. The first kappa shape index (κ1) is 13.5. The van der Waals surface area contributed by atoms with Crippen molar-refractivity contribution in [2.45, 2.75) is 38.5 Å². The molecule has 2 unspecified atom stereocenters. The molecule has 1 aliphatic heterocycles. The minimum absolute atomic E-state index is 0.361. The Morgan fingerprint density at radius 1 is 1.56 bits per heavy atom. The molecule has 2 N–H and O–H groups in total. The van der Waals surface area contributed by atoms with Gasteiger partial charge in [0.25, 0.3) is 0 Å². The van der Waals surface area contributed by atoms with E-state index in [0.29, 0.717) is 18.7 Å². The second-order valence-corrected chi connectivity index (χ2v) is 5.01. The van der Waals surface area contributed by atoms with Gasteiger partial charge in [-0.1, -0.05) is 6.07 Å². The average molecular weight is 249 g/mol. The predicted molar refractivity (Wildman–Crippen MR) is 72.3 cm³/mol. The molecule has 100 valence electrons. The number of likely N-dealkylation sites (tertiary alicyclic amines) is 1. The van der Waals surface area contributed by atoms with Crippen molar-refractivity contribution in [3.05, 3.63) is 29.6 Å². The number of nitrogens with two attached hydrogens (primary N) is 1. The standard InChI is InChI=1S/C14H23N3O/c1-11-4-3-6-16-14(11)10-17-7-5-13(18-2)8-12(17)9-15/h3-4,6,12-13H,5,7-10,15H2,1-2H3. The molecular weight excluding hydrogens is 226 g/mol. The third-order valence-electron chi connectivity index (χ3n) is 3.87. The number of aryl methyl sites for hydroxylation is 1. The van der Waals surface area contributed by atoms with Crippen LogP contribution in [0, 0.1) is 6.92 Å². The Morgan fingerprint density at radius 2 is 2.39 bits per heavy atom. The Kier molecular flexibility index (Phi) is 4.69. The van der Waals surface area contributed by atoms with E-state index in [4.69, 9.17) is 10.5 Å². The molecule has 1 saturated heterocycles. The lowest BCUT2D eigenvalue weighted by atomic mass is 9.98. The SMILES string of the molecule is COC1CCN(Cc2ncccc2C)C(CN)C1. The summed E-state index contributed by atoms with van der Waals surface area (Å²) in [5.41, 5.74) is 8.30. The number of hydrogen-bond acceptors (Lipinski definition) is 4. The average Bonchev–Trinajstić information content (AvgIpc) is 2.41. The Balaban J connectivity index is 2.02. The van der Waals surface area contributed by atoms with Gasteiger partial charge < -0.3 is 10.5 Å². The topological polar surface area (TPSA) is 51.4 Å². The Morgan fingerprint density at radius 3 is 3.06 bits per heavy atom. The maximum absolute atomic E-state index is 5.88. The van der Waals surface area contributed by atoms with Crippen molar-refractivity contribution in [1.82, 2.24) is 9.88 Å². The quantitative estimate of drug-likeness (QED) is 0.874. The van der Waals surface area contributed by atoms with Gasteiger partial charge in [0.05, 0.1) is 11.8 Å². The summed E-state index contributed by atoms with van der Waals surface area (Å²) in [6.07, 6.45) is 4.33. The summed E-state index contributed by atoms with van der Waals surface area (Å²) in [4.78, 5) is 6.90. The van der Waals surface area contributed by atoms with Gasteiger partial charge in [-0.3, -0.25) is 9.88 Å². The first-order valence-electron chi connectivity index (χ1n) is 6.62. The fraction of sp³-hybridized carbons (Fsp3) is 0.643. The summed E-state index contributed by atoms with van der Waals surface area (Å²) in [6.45, 7) is 4.73. The van der Waals surface area contributed by atoms with Crippen LogP contribution in [-0.4, -0.2) is 42.2 Å². The van der Waals surface area contributed by atoms with E-state index < -0.39 is 0 Å². The Labute approximate surface area is 109 Å². The van der Waals surface area contributed by atoms with E-state index in [-0.39, 0.29) is 0 Å². The van der Waals surface area contributed by atoms with Crippen LogP contribution in [0.3, 0.4) is 0 Å². The van der Waals surface area contributed by atoms with E-state index in [1.54, 1.807) is 7.11 Å². The maximum Gasteiger partial charge on any atom is 0.0599 e. The van der Waals surface area contributed by atoms with Crippen molar-refractivity contribution in [3.63, 3.8) is 0 Å². The lowest BCUT2D eigenvalue weighted by Crippen LogP contribution is -2.48. The minimum Gasteiger partial charge on any atom is -0.381 e. The lowest BCUT2D eigenvalue weighted by molar-refractivity contribution is 0.00972. The molecule has 1 aliphatic rings. The highest BCUT2D eigenvalue weighted by Gasteiger charge is 2.27. The van der Waals surface area contributed by atoms with E-state index in [2.05, 4.69) is 22.9 Å². The summed E-state index contributed by atoms with van der Waals surface area (Å²) in [5.74, 6) is 0. The molecule has 0 bridgehead atoms. The molecule has 4 heteroatoms. The Hall–Kier alpha value is -0.970. The van der Waals surface area contributed by atoms with Crippen LogP contribution in [-0.2, 0) is 11.3 Å². The van der Waals surface area contributed by atoms with E-state index in [1.165, 1.54) is 5.56 Å². The molecule has 0 aliphatic carbocycles. The zero-order valence-corrected chi connectivity index (χ0v) is 11.3. The van der Waals surface area contributed by atoms with Gasteiger partial charge in [-0.25, -0.2) is 0 Å². The van der Waals surface area contributed by atoms with Crippen LogP contribution >= 0.6 is 0 Å². The molecular formula is C14H23N3O. The van der Waals surface area contributed by atoms with Crippen molar-refractivity contribution in [3.8, 4) is 0 Å². The monoisotopic (exact) mass is 249 g/mol. The van der Waals surface area contributed by atoms with Crippen molar-refractivity contribution in [2.75, 3.05) is 20.2 Å². The summed E-state index contributed by atoms with van der Waals surface area (Å²) in [6, 6.07) is 4.50. The first-order valence-corrected chi connectivity index (χ1v) is 6.62. The minimum atomic E-state index is 0.361. The van der Waals surface area contributed by atoms with E-state index >= 15 is 0 Å². The summed E-state index contributed by atoms with van der Waals surface area (Å²) in [5, 5.41) is 0. The predicted octanol–water partition coefficient (Wildman–Crippen LogP) is 1.33. The molecule has 0 radical (unpaired) electrons. The van der Waals surface area contributed by atoms with Crippen LogP contribution < -0.4 is 5.73 Å². The third-order valence-corrected chi connectivity index (χ3v) is 3.87. The van der Waals surface area contributed by atoms with Crippen molar-refractivity contribution in [1.29, 1.82) is 0 Å². The van der Waals surface area contributed by atoms with Crippen molar-refractivity contribution < 1.29 is 4.74 Å². The van der Waals surface area contributed by atoms with Crippen LogP contribution in [0.4, 0.5) is 0 Å². The molecule has 18 heavy (non-hydrogen) atoms. The smallest absolute Gasteiger partial charge is 0.0599 e. The largest absolute Gasteiger partial charge is 0.381 e. The molecule has 1 aromatic rings. The number of nitrogens with zero attached hydrogens (tertiary/aromatic N) is 2. The van der Waals surface area contributed by atoms with Gasteiger partial charge in [0.15, 0.2) is 0 Å². The number of methoxy groups -OCH3 is 1. The second kappa shape index (κ2) is 6.27. The fourth-order valence-corrected chi connectivity index (χ4v) is 2.61. The van der Waals surface area contributed by atoms with Crippen molar-refractivity contribution in [2.24, 2.45) is 5.73 Å². The van der Waals surface area contributed by atoms with E-state index in [0.717, 1.165) is 31.6 Å². The maximum atomic E-state index is 5.88. The van der Waals surface area contributed by atoms with Crippen molar-refractivity contribution >= 4 is 0 Å². The number of piperidine rings is 1. The fourth-order valence-electron chi connectivity index (χ4n) is 2.61. The Bertz CT molecular complexity index is 383. The van der Waals surface area contributed by atoms with E-state index in [9.17, 15) is 0 Å². The lowest BCUT2D eigenvalue weighted by Gasteiger charge is -2.38. The first-order chi connectivity index (χ1) is 8.74. The van der Waals surface area contributed by atoms with Gasteiger partial charge in [0.2, 0.25) is 0 Å². The molecule has 0 spiro atoms. The third kappa shape index (κ3) is 3.07. The van der Waals surface area contributed by atoms with Crippen LogP contribution in [0.2, 0.25) is 0 Å². The van der Waals surface area contributed by atoms with Gasteiger partial charge in [-0.15, -0.1) is 0 Å². The highest BCUT2D eigenvalue weighted by Crippen LogP contribution is 2.21. The number of hydrogen-bond donors (Lipinski definition) is 1. The molecule has 1 fully saturated rings. The zero-order chi connectivity index (χ0) is 13.0. The number of pyridine rings is 1. The normalized spacial score (nSPS) is 25.3. The molecule has 4 nitrogen and oxygen atoms in total. The van der Waals surface area contributed by atoms with E-state index in [1.807, 2.05) is 12.3 Å². The van der Waals surface area contributed by atoms with Gasteiger partial charge in [-0.05, 0) is 31.4 Å². The van der Waals surface area contributed by atoms with Gasteiger partial charge in [0, 0.05) is 39.0 Å². The van der Waals surface area contributed by atoms with Gasteiger partial charge in [0.1, 0.15) is 0 Å².